The summed E-state index contributed by atoms with van der Waals surface area (Å²) in [4.78, 5) is 13.5. The monoisotopic (exact) mass is 376 g/mol. The highest BCUT2D eigenvalue weighted by Crippen LogP contribution is 2.33. The molecule has 9 heteroatoms. The molecule has 138 valence electrons. The van der Waals surface area contributed by atoms with Crippen LogP contribution in [0, 0.1) is 5.92 Å². The lowest BCUT2D eigenvalue weighted by Gasteiger charge is -2.33. The normalized spacial score (nSPS) is 18.8. The molecule has 0 aliphatic carbocycles. The lowest BCUT2D eigenvalue weighted by atomic mass is 9.97. The number of carbonyl (C=O) groups excluding carboxylic acids is 1. The van der Waals surface area contributed by atoms with Crippen molar-refractivity contribution in [3.8, 4) is 0 Å². The Morgan fingerprint density at radius 3 is 2.52 bits per heavy atom. The molecule has 0 aromatic heterocycles. The Labute approximate surface area is 144 Å². The Bertz CT molecular complexity index is 730. The van der Waals surface area contributed by atoms with Gasteiger partial charge in [0.1, 0.15) is 0 Å². The SMILES string of the molecule is C=CCNS(=O)(=O)c1ccc(C(=O)N2CCC[C@@H](C(F)(F)F)C2)cc1. The number of sulfonamides is 1. The third-order valence-electron chi connectivity index (χ3n) is 4.00. The van der Waals surface area contributed by atoms with Crippen molar-refractivity contribution in [3.05, 3.63) is 42.5 Å². The highest BCUT2D eigenvalue weighted by atomic mass is 32.2. The molecule has 1 aromatic rings. The number of carbonyl (C=O) groups is 1. The Morgan fingerprint density at radius 1 is 1.32 bits per heavy atom. The molecule has 0 bridgehead atoms. The van der Waals surface area contributed by atoms with Gasteiger partial charge in [0, 0.05) is 25.2 Å². The minimum absolute atomic E-state index is 0.0133. The summed E-state index contributed by atoms with van der Waals surface area (Å²) >= 11 is 0. The lowest BCUT2D eigenvalue weighted by molar-refractivity contribution is -0.184. The molecule has 1 saturated heterocycles. The minimum atomic E-state index is -4.33. The zero-order valence-corrected chi connectivity index (χ0v) is 14.2. The number of likely N-dealkylation sites (tertiary alicyclic amines) is 1. The number of alkyl halides is 3. The van der Waals surface area contributed by atoms with Gasteiger partial charge in [0.2, 0.25) is 10.0 Å². The van der Waals surface area contributed by atoms with E-state index >= 15 is 0 Å². The number of amides is 1. The minimum Gasteiger partial charge on any atom is -0.338 e. The van der Waals surface area contributed by atoms with Crippen LogP contribution in [-0.4, -0.2) is 45.0 Å². The first-order valence-corrected chi connectivity index (χ1v) is 9.20. The van der Waals surface area contributed by atoms with Crippen molar-refractivity contribution in [2.24, 2.45) is 5.92 Å². The Balaban J connectivity index is 2.11. The largest absolute Gasteiger partial charge is 0.393 e. The molecule has 1 aliphatic rings. The molecule has 1 aliphatic heterocycles. The number of nitrogens with one attached hydrogen (secondary N) is 1. The maximum atomic E-state index is 12.8. The average molecular weight is 376 g/mol. The highest BCUT2D eigenvalue weighted by molar-refractivity contribution is 7.89. The van der Waals surface area contributed by atoms with Gasteiger partial charge in [-0.1, -0.05) is 6.08 Å². The molecule has 2 rings (SSSR count). The van der Waals surface area contributed by atoms with E-state index in [0.29, 0.717) is 0 Å². The molecule has 1 atom stereocenters. The smallest absolute Gasteiger partial charge is 0.338 e. The number of hydrogen-bond acceptors (Lipinski definition) is 3. The topological polar surface area (TPSA) is 66.5 Å². The number of piperidine rings is 1. The van der Waals surface area contributed by atoms with Crippen LogP contribution in [0.25, 0.3) is 0 Å². The first kappa shape index (κ1) is 19.5. The maximum Gasteiger partial charge on any atom is 0.393 e. The van der Waals surface area contributed by atoms with Crippen LogP contribution in [0.3, 0.4) is 0 Å². The maximum absolute atomic E-state index is 12.8. The van der Waals surface area contributed by atoms with Gasteiger partial charge in [0.15, 0.2) is 0 Å². The fourth-order valence-electron chi connectivity index (χ4n) is 2.64. The third-order valence-corrected chi connectivity index (χ3v) is 5.44. The summed E-state index contributed by atoms with van der Waals surface area (Å²) in [5, 5.41) is 0. The van der Waals surface area contributed by atoms with Crippen LogP contribution in [0.2, 0.25) is 0 Å². The number of hydrogen-bond donors (Lipinski definition) is 1. The molecule has 1 heterocycles. The predicted octanol–water partition coefficient (Wildman–Crippen LogP) is 2.57. The van der Waals surface area contributed by atoms with Crippen molar-refractivity contribution >= 4 is 15.9 Å². The molecule has 0 unspecified atom stereocenters. The second-order valence-corrected chi connectivity index (χ2v) is 7.56. The zero-order chi connectivity index (χ0) is 18.7. The van der Waals surface area contributed by atoms with Crippen LogP contribution in [-0.2, 0) is 10.0 Å². The van der Waals surface area contributed by atoms with Crippen molar-refractivity contribution in [2.45, 2.75) is 23.9 Å². The zero-order valence-electron chi connectivity index (χ0n) is 13.4. The second kappa shape index (κ2) is 7.57. The fourth-order valence-corrected chi connectivity index (χ4v) is 3.64. The summed E-state index contributed by atoms with van der Waals surface area (Å²) in [6, 6.07) is 5.12. The van der Waals surface area contributed by atoms with E-state index in [9.17, 15) is 26.4 Å². The highest BCUT2D eigenvalue weighted by Gasteiger charge is 2.42. The van der Waals surface area contributed by atoms with Gasteiger partial charge in [-0.15, -0.1) is 6.58 Å². The van der Waals surface area contributed by atoms with Gasteiger partial charge in [0.25, 0.3) is 5.91 Å². The summed E-state index contributed by atoms with van der Waals surface area (Å²) in [6.07, 6.45) is -2.64. The summed E-state index contributed by atoms with van der Waals surface area (Å²) in [6.45, 7) is 3.36. The quantitative estimate of drug-likeness (QED) is 0.804. The Morgan fingerprint density at radius 2 is 1.96 bits per heavy atom. The molecule has 25 heavy (non-hydrogen) atoms. The van der Waals surface area contributed by atoms with Gasteiger partial charge in [-0.05, 0) is 37.1 Å². The van der Waals surface area contributed by atoms with E-state index in [4.69, 9.17) is 0 Å². The standard InChI is InChI=1S/C16H19F3N2O3S/c1-2-9-20-25(23,24)14-7-5-12(6-8-14)15(22)21-10-3-4-13(11-21)16(17,18)19/h2,5-8,13,20H,1,3-4,9-11H2/t13-/m1/s1. The van der Waals surface area contributed by atoms with E-state index in [0.717, 1.165) is 0 Å². The van der Waals surface area contributed by atoms with E-state index in [2.05, 4.69) is 11.3 Å². The molecule has 0 spiro atoms. The lowest BCUT2D eigenvalue weighted by Crippen LogP contribution is -2.44. The van der Waals surface area contributed by atoms with Crippen molar-refractivity contribution in [1.82, 2.24) is 9.62 Å². The number of benzene rings is 1. The summed E-state index contributed by atoms with van der Waals surface area (Å²) in [5.41, 5.74) is 0.158. The average Bonchev–Trinajstić information content (AvgIpc) is 2.59. The molecule has 0 saturated carbocycles. The van der Waals surface area contributed by atoms with Gasteiger partial charge in [-0.25, -0.2) is 13.1 Å². The Kier molecular flexibility index (Phi) is 5.89. The fraction of sp³-hybridized carbons (Fsp3) is 0.438. The van der Waals surface area contributed by atoms with Crippen molar-refractivity contribution in [2.75, 3.05) is 19.6 Å². The van der Waals surface area contributed by atoms with Gasteiger partial charge < -0.3 is 4.90 Å². The predicted molar refractivity (Wildman–Crippen MR) is 86.5 cm³/mol. The van der Waals surface area contributed by atoms with Crippen LogP contribution < -0.4 is 4.72 Å². The molecule has 1 fully saturated rings. The molecule has 5 nitrogen and oxygen atoms in total. The van der Waals surface area contributed by atoms with Gasteiger partial charge in [0.05, 0.1) is 10.8 Å². The summed E-state index contributed by atoms with van der Waals surface area (Å²) in [5.74, 6) is -2.05. The van der Waals surface area contributed by atoms with E-state index in [1.54, 1.807) is 0 Å². The molecule has 1 amide bonds. The van der Waals surface area contributed by atoms with E-state index in [-0.39, 0.29) is 42.9 Å². The number of rotatable bonds is 5. The summed E-state index contributed by atoms with van der Waals surface area (Å²) in [7, 11) is -3.71. The van der Waals surface area contributed by atoms with E-state index in [1.807, 2.05) is 0 Å². The molecular weight excluding hydrogens is 357 g/mol. The van der Waals surface area contributed by atoms with Gasteiger partial charge in [-0.2, -0.15) is 13.2 Å². The molecule has 0 radical (unpaired) electrons. The summed E-state index contributed by atoms with van der Waals surface area (Å²) < 4.78 is 64.7. The second-order valence-electron chi connectivity index (χ2n) is 5.80. The van der Waals surface area contributed by atoms with Crippen molar-refractivity contribution < 1.29 is 26.4 Å². The Hall–Kier alpha value is -1.87. The van der Waals surface area contributed by atoms with E-state index < -0.39 is 28.0 Å². The van der Waals surface area contributed by atoms with Crippen LogP contribution in [0.4, 0.5) is 13.2 Å². The van der Waals surface area contributed by atoms with Crippen LogP contribution >= 0.6 is 0 Å². The number of nitrogens with zero attached hydrogens (tertiary/aromatic N) is 1. The van der Waals surface area contributed by atoms with Crippen LogP contribution in [0.5, 0.6) is 0 Å². The van der Waals surface area contributed by atoms with Crippen molar-refractivity contribution in [3.63, 3.8) is 0 Å². The molecule has 1 aromatic carbocycles. The van der Waals surface area contributed by atoms with Crippen molar-refractivity contribution in [1.29, 1.82) is 0 Å². The number of halogens is 3. The first-order valence-electron chi connectivity index (χ1n) is 7.72. The van der Waals surface area contributed by atoms with Gasteiger partial charge >= 0.3 is 6.18 Å². The first-order chi connectivity index (χ1) is 11.6. The van der Waals surface area contributed by atoms with Crippen LogP contribution in [0.1, 0.15) is 23.2 Å². The third kappa shape index (κ3) is 4.82. The molecule has 1 N–H and O–H groups in total. The van der Waals surface area contributed by atoms with E-state index in [1.165, 1.54) is 35.2 Å². The molecular formula is C16H19F3N2O3S. The van der Waals surface area contributed by atoms with Crippen LogP contribution in [0.15, 0.2) is 41.8 Å². The van der Waals surface area contributed by atoms with Gasteiger partial charge in [-0.3, -0.25) is 4.79 Å².